The van der Waals surface area contributed by atoms with Gasteiger partial charge in [0.1, 0.15) is 5.82 Å². The Balaban J connectivity index is 1.54. The molecule has 1 aliphatic heterocycles. The van der Waals surface area contributed by atoms with Gasteiger partial charge in [-0.1, -0.05) is 44.0 Å². The number of nitrogens with zero attached hydrogens (tertiary/aromatic N) is 3. The molecule has 1 aromatic heterocycles. The molecule has 0 saturated heterocycles. The zero-order valence-electron chi connectivity index (χ0n) is 17.9. The van der Waals surface area contributed by atoms with E-state index in [1.54, 1.807) is 0 Å². The average molecular weight is 403 g/mol. The number of amides is 1. The highest BCUT2D eigenvalue weighted by molar-refractivity contribution is 6.04. The number of benzene rings is 2. The van der Waals surface area contributed by atoms with E-state index < -0.39 is 0 Å². The first-order valence-corrected chi connectivity index (χ1v) is 11.1. The number of unbranched alkanes of at least 4 members (excludes halogenated alkanes) is 1. The van der Waals surface area contributed by atoms with Gasteiger partial charge in [0, 0.05) is 29.8 Å². The van der Waals surface area contributed by atoms with E-state index in [0.29, 0.717) is 5.56 Å². The molecule has 0 atom stereocenters. The summed E-state index contributed by atoms with van der Waals surface area (Å²) in [5.74, 6) is 1.87. The van der Waals surface area contributed by atoms with Gasteiger partial charge in [-0.2, -0.15) is 0 Å². The van der Waals surface area contributed by atoms with Crippen LogP contribution in [0, 0.1) is 6.92 Å². The molecular weight excluding hydrogens is 372 g/mol. The van der Waals surface area contributed by atoms with E-state index in [-0.39, 0.29) is 5.91 Å². The molecule has 4 rings (SSSR count). The summed E-state index contributed by atoms with van der Waals surface area (Å²) < 4.78 is 2.23. The van der Waals surface area contributed by atoms with E-state index in [0.717, 1.165) is 54.3 Å². The lowest BCUT2D eigenvalue weighted by atomic mass is 10.1. The third kappa shape index (κ3) is 4.45. The number of carbonyl (C=O) groups is 1. The fraction of sp³-hybridized carbons (Fsp3) is 0.400. The quantitative estimate of drug-likeness (QED) is 0.586. The van der Waals surface area contributed by atoms with Gasteiger partial charge in [0.2, 0.25) is 0 Å². The molecule has 156 valence electrons. The van der Waals surface area contributed by atoms with Gasteiger partial charge >= 0.3 is 0 Å². The van der Waals surface area contributed by atoms with Crippen molar-refractivity contribution in [2.45, 2.75) is 65.3 Å². The molecule has 2 heterocycles. The summed E-state index contributed by atoms with van der Waals surface area (Å²) in [5.41, 5.74) is 4.79. The SMILES string of the molecule is CCCCc1ccc(C(=O)Nc2cc(-c3nnc4n3CCCCC4)ccc2C)cc1. The Bertz CT molecular complexity index is 1020. The van der Waals surface area contributed by atoms with E-state index in [4.69, 9.17) is 0 Å². The number of hydrogen-bond acceptors (Lipinski definition) is 3. The van der Waals surface area contributed by atoms with Gasteiger partial charge in [-0.15, -0.1) is 10.2 Å². The summed E-state index contributed by atoms with van der Waals surface area (Å²) in [6.45, 7) is 5.16. The molecule has 0 fully saturated rings. The normalized spacial score (nSPS) is 13.5. The van der Waals surface area contributed by atoms with Crippen molar-refractivity contribution in [3.8, 4) is 11.4 Å². The molecule has 0 saturated carbocycles. The van der Waals surface area contributed by atoms with Crippen LogP contribution in [0.4, 0.5) is 5.69 Å². The maximum absolute atomic E-state index is 12.8. The molecule has 1 aliphatic rings. The highest BCUT2D eigenvalue weighted by Gasteiger charge is 2.17. The molecule has 5 nitrogen and oxygen atoms in total. The zero-order chi connectivity index (χ0) is 20.9. The summed E-state index contributed by atoms with van der Waals surface area (Å²) in [5, 5.41) is 11.9. The fourth-order valence-electron chi connectivity index (χ4n) is 3.99. The lowest BCUT2D eigenvalue weighted by Crippen LogP contribution is -2.13. The maximum Gasteiger partial charge on any atom is 0.255 e. The molecule has 5 heteroatoms. The standard InChI is InChI=1S/C25H30N4O/c1-3-4-8-19-11-14-20(15-12-19)25(30)26-22-17-21(13-10-18(22)2)24-28-27-23-9-6-5-7-16-29(23)24/h10-15,17H,3-9,16H2,1-2H3,(H,26,30). The van der Waals surface area contributed by atoms with Gasteiger partial charge in [-0.3, -0.25) is 4.79 Å². The van der Waals surface area contributed by atoms with Crippen LogP contribution in [0.15, 0.2) is 42.5 Å². The molecule has 0 bridgehead atoms. The summed E-state index contributed by atoms with van der Waals surface area (Å²) >= 11 is 0. The second-order valence-electron chi connectivity index (χ2n) is 8.19. The molecule has 0 radical (unpaired) electrons. The largest absolute Gasteiger partial charge is 0.322 e. The fourth-order valence-corrected chi connectivity index (χ4v) is 3.99. The van der Waals surface area contributed by atoms with Crippen LogP contribution in [0.1, 0.15) is 66.3 Å². The molecule has 1 N–H and O–H groups in total. The number of anilines is 1. The summed E-state index contributed by atoms with van der Waals surface area (Å²) in [4.78, 5) is 12.8. The first-order valence-electron chi connectivity index (χ1n) is 11.1. The first kappa shape index (κ1) is 20.3. The minimum Gasteiger partial charge on any atom is -0.322 e. The number of hydrogen-bond donors (Lipinski definition) is 1. The maximum atomic E-state index is 12.8. The minimum atomic E-state index is -0.0858. The summed E-state index contributed by atoms with van der Waals surface area (Å²) in [6.07, 6.45) is 7.94. The van der Waals surface area contributed by atoms with Crippen molar-refractivity contribution in [1.82, 2.24) is 14.8 Å². The van der Waals surface area contributed by atoms with Crippen LogP contribution < -0.4 is 5.32 Å². The van der Waals surface area contributed by atoms with Crippen molar-refractivity contribution >= 4 is 11.6 Å². The molecule has 3 aromatic rings. The zero-order valence-corrected chi connectivity index (χ0v) is 17.9. The Morgan fingerprint density at radius 3 is 2.70 bits per heavy atom. The number of aromatic nitrogens is 3. The van der Waals surface area contributed by atoms with Crippen molar-refractivity contribution in [3.05, 3.63) is 65.0 Å². The van der Waals surface area contributed by atoms with Crippen LogP contribution in [-0.4, -0.2) is 20.7 Å². The molecule has 0 aliphatic carbocycles. The van der Waals surface area contributed by atoms with Gasteiger partial charge < -0.3 is 9.88 Å². The Morgan fingerprint density at radius 1 is 1.07 bits per heavy atom. The minimum absolute atomic E-state index is 0.0858. The van der Waals surface area contributed by atoms with E-state index >= 15 is 0 Å². The molecular formula is C25H30N4O. The predicted octanol–water partition coefficient (Wildman–Crippen LogP) is 5.57. The van der Waals surface area contributed by atoms with Gasteiger partial charge in [0.05, 0.1) is 0 Å². The number of carbonyl (C=O) groups excluding carboxylic acids is 1. The summed E-state index contributed by atoms with van der Waals surface area (Å²) in [7, 11) is 0. The molecule has 30 heavy (non-hydrogen) atoms. The van der Waals surface area contributed by atoms with Gasteiger partial charge in [0.25, 0.3) is 5.91 Å². The van der Waals surface area contributed by atoms with Crippen molar-refractivity contribution in [2.75, 3.05) is 5.32 Å². The number of rotatable bonds is 6. The van der Waals surface area contributed by atoms with E-state index in [9.17, 15) is 4.79 Å². The lowest BCUT2D eigenvalue weighted by molar-refractivity contribution is 0.102. The predicted molar refractivity (Wildman–Crippen MR) is 121 cm³/mol. The smallest absolute Gasteiger partial charge is 0.255 e. The Labute approximate surface area is 178 Å². The van der Waals surface area contributed by atoms with E-state index in [1.807, 2.05) is 31.2 Å². The van der Waals surface area contributed by atoms with Crippen LogP contribution >= 0.6 is 0 Å². The van der Waals surface area contributed by atoms with Crippen molar-refractivity contribution in [2.24, 2.45) is 0 Å². The highest BCUT2D eigenvalue weighted by Crippen LogP contribution is 2.27. The molecule has 1 amide bonds. The van der Waals surface area contributed by atoms with Crippen LogP contribution in [0.25, 0.3) is 11.4 Å². The van der Waals surface area contributed by atoms with Crippen molar-refractivity contribution in [3.63, 3.8) is 0 Å². The topological polar surface area (TPSA) is 59.8 Å². The van der Waals surface area contributed by atoms with Crippen LogP contribution in [0.3, 0.4) is 0 Å². The van der Waals surface area contributed by atoms with Crippen LogP contribution in [0.2, 0.25) is 0 Å². The van der Waals surface area contributed by atoms with Crippen LogP contribution in [0.5, 0.6) is 0 Å². The lowest BCUT2D eigenvalue weighted by Gasteiger charge is -2.12. The molecule has 0 spiro atoms. The number of nitrogens with one attached hydrogen (secondary N) is 1. The first-order chi connectivity index (χ1) is 14.7. The van der Waals surface area contributed by atoms with Crippen LogP contribution in [-0.2, 0) is 19.4 Å². The third-order valence-electron chi connectivity index (χ3n) is 5.89. The average Bonchev–Trinajstić information content (AvgIpc) is 3.02. The second kappa shape index (κ2) is 9.24. The molecule has 0 unspecified atom stereocenters. The Morgan fingerprint density at radius 2 is 1.90 bits per heavy atom. The number of aryl methyl sites for hydroxylation is 3. The monoisotopic (exact) mass is 402 g/mol. The summed E-state index contributed by atoms with van der Waals surface area (Å²) in [6, 6.07) is 14.1. The van der Waals surface area contributed by atoms with E-state index in [2.05, 4.69) is 45.2 Å². The van der Waals surface area contributed by atoms with Gasteiger partial charge in [0.15, 0.2) is 5.82 Å². The third-order valence-corrected chi connectivity index (χ3v) is 5.89. The van der Waals surface area contributed by atoms with Crippen molar-refractivity contribution in [1.29, 1.82) is 0 Å². The van der Waals surface area contributed by atoms with Crippen molar-refractivity contribution < 1.29 is 4.79 Å². The van der Waals surface area contributed by atoms with E-state index in [1.165, 1.54) is 31.2 Å². The highest BCUT2D eigenvalue weighted by atomic mass is 16.1. The van der Waals surface area contributed by atoms with Gasteiger partial charge in [-0.25, -0.2) is 0 Å². The van der Waals surface area contributed by atoms with Gasteiger partial charge in [-0.05, 0) is 61.9 Å². The second-order valence-corrected chi connectivity index (χ2v) is 8.19. The number of fused-ring (bicyclic) bond motifs is 1. The molecule has 2 aromatic carbocycles. The Kier molecular flexibility index (Phi) is 6.26. The Hall–Kier alpha value is -2.95.